The van der Waals surface area contributed by atoms with E-state index in [1.807, 2.05) is 13.8 Å². The van der Waals surface area contributed by atoms with E-state index in [2.05, 4.69) is 10.6 Å². The predicted octanol–water partition coefficient (Wildman–Crippen LogP) is 0.810. The molecule has 0 unspecified atom stereocenters. The Morgan fingerprint density at radius 1 is 1.33 bits per heavy atom. The first-order valence-corrected chi connectivity index (χ1v) is 6.05. The first kappa shape index (κ1) is 14.5. The number of esters is 1. The Morgan fingerprint density at radius 2 is 1.94 bits per heavy atom. The van der Waals surface area contributed by atoms with Crippen LogP contribution in [0.25, 0.3) is 0 Å². The normalized spacial score (nSPS) is 24.7. The van der Waals surface area contributed by atoms with Crippen LogP contribution in [0.5, 0.6) is 0 Å². The molecule has 1 saturated heterocycles. The van der Waals surface area contributed by atoms with Crippen LogP contribution >= 0.6 is 0 Å². The Kier molecular flexibility index (Phi) is 4.32. The van der Waals surface area contributed by atoms with E-state index in [9.17, 15) is 14.4 Å². The maximum atomic E-state index is 11.7. The summed E-state index contributed by atoms with van der Waals surface area (Å²) in [7, 11) is 0. The quantitative estimate of drug-likeness (QED) is 0.563. The molecule has 102 valence electrons. The third kappa shape index (κ3) is 3.45. The molecular formula is C12H20N2O4. The van der Waals surface area contributed by atoms with E-state index in [1.54, 1.807) is 13.8 Å². The molecule has 0 saturated carbocycles. The first-order chi connectivity index (χ1) is 8.24. The summed E-state index contributed by atoms with van der Waals surface area (Å²) in [6, 6.07) is -0.523. The van der Waals surface area contributed by atoms with Gasteiger partial charge in [-0.2, -0.15) is 0 Å². The summed E-state index contributed by atoms with van der Waals surface area (Å²) in [5.74, 6) is -0.931. The van der Waals surface area contributed by atoms with Crippen LogP contribution in [0.4, 0.5) is 4.79 Å². The van der Waals surface area contributed by atoms with Crippen LogP contribution in [0.3, 0.4) is 0 Å². The summed E-state index contributed by atoms with van der Waals surface area (Å²) in [5.41, 5.74) is -1.03. The molecule has 0 radical (unpaired) electrons. The van der Waals surface area contributed by atoms with Crippen molar-refractivity contribution in [1.29, 1.82) is 0 Å². The van der Waals surface area contributed by atoms with Crippen LogP contribution in [0.2, 0.25) is 0 Å². The molecule has 1 fully saturated rings. The van der Waals surface area contributed by atoms with Crippen LogP contribution in [-0.2, 0) is 14.3 Å². The van der Waals surface area contributed by atoms with Gasteiger partial charge in [0, 0.05) is 0 Å². The topological polar surface area (TPSA) is 84.5 Å². The van der Waals surface area contributed by atoms with E-state index in [1.165, 1.54) is 0 Å². The summed E-state index contributed by atoms with van der Waals surface area (Å²) >= 11 is 0. The lowest BCUT2D eigenvalue weighted by molar-refractivity contribution is -0.150. The standard InChI is InChI=1S/C12H20N2O4/c1-7(2)6-18-9(15)8(3)5-12(4)10(16)13-11(17)14-12/h7-8H,5-6H2,1-4H3,(H2,13,14,16,17)/t8-,12+/m0/s1. The zero-order chi connectivity index (χ0) is 13.9. The fraction of sp³-hybridized carbons (Fsp3) is 0.750. The van der Waals surface area contributed by atoms with Gasteiger partial charge in [-0.05, 0) is 19.3 Å². The molecule has 0 aliphatic carbocycles. The maximum Gasteiger partial charge on any atom is 0.322 e. The second-order valence-electron chi connectivity index (χ2n) is 5.37. The fourth-order valence-corrected chi connectivity index (χ4v) is 1.81. The van der Waals surface area contributed by atoms with Gasteiger partial charge >= 0.3 is 12.0 Å². The molecule has 6 nitrogen and oxygen atoms in total. The smallest absolute Gasteiger partial charge is 0.322 e. The number of carbonyl (C=O) groups is 3. The monoisotopic (exact) mass is 256 g/mol. The van der Waals surface area contributed by atoms with Gasteiger partial charge in [-0.3, -0.25) is 14.9 Å². The van der Waals surface area contributed by atoms with Crippen molar-refractivity contribution >= 4 is 17.9 Å². The number of hydrogen-bond donors (Lipinski definition) is 2. The van der Waals surface area contributed by atoms with Crippen molar-refractivity contribution in [1.82, 2.24) is 10.6 Å². The number of ether oxygens (including phenoxy) is 1. The minimum Gasteiger partial charge on any atom is -0.465 e. The van der Waals surface area contributed by atoms with Gasteiger partial charge in [0.2, 0.25) is 0 Å². The fourth-order valence-electron chi connectivity index (χ4n) is 1.81. The molecule has 1 heterocycles. The van der Waals surface area contributed by atoms with Crippen molar-refractivity contribution in [2.45, 2.75) is 39.7 Å². The SMILES string of the molecule is CC(C)COC(=O)[C@@H](C)C[C@@]1(C)NC(=O)NC1=O. The highest BCUT2D eigenvalue weighted by Crippen LogP contribution is 2.21. The predicted molar refractivity (Wildman–Crippen MR) is 64.7 cm³/mol. The number of imide groups is 1. The molecule has 1 aliphatic heterocycles. The van der Waals surface area contributed by atoms with Gasteiger partial charge in [-0.15, -0.1) is 0 Å². The molecule has 0 bridgehead atoms. The number of hydrogen-bond acceptors (Lipinski definition) is 4. The molecule has 6 heteroatoms. The zero-order valence-corrected chi connectivity index (χ0v) is 11.2. The largest absolute Gasteiger partial charge is 0.465 e. The summed E-state index contributed by atoms with van der Waals surface area (Å²) in [6.07, 6.45) is 0.224. The van der Waals surface area contributed by atoms with Crippen molar-refractivity contribution in [2.75, 3.05) is 6.61 Å². The second-order valence-corrected chi connectivity index (χ2v) is 5.37. The van der Waals surface area contributed by atoms with Crippen LogP contribution in [0.15, 0.2) is 0 Å². The Labute approximate surface area is 106 Å². The van der Waals surface area contributed by atoms with Gasteiger partial charge in [0.25, 0.3) is 5.91 Å². The zero-order valence-electron chi connectivity index (χ0n) is 11.2. The molecule has 2 N–H and O–H groups in total. The van der Waals surface area contributed by atoms with E-state index in [-0.39, 0.29) is 18.3 Å². The van der Waals surface area contributed by atoms with Crippen LogP contribution in [0.1, 0.15) is 34.1 Å². The highest BCUT2D eigenvalue weighted by molar-refractivity contribution is 6.06. The van der Waals surface area contributed by atoms with Gasteiger partial charge in [0.15, 0.2) is 0 Å². The minimum atomic E-state index is -1.03. The molecule has 0 spiro atoms. The molecule has 0 aromatic rings. The third-order valence-electron chi connectivity index (χ3n) is 2.79. The van der Waals surface area contributed by atoms with E-state index in [4.69, 9.17) is 4.74 Å². The third-order valence-corrected chi connectivity index (χ3v) is 2.79. The van der Waals surface area contributed by atoms with Gasteiger partial charge in [0.05, 0.1) is 12.5 Å². The van der Waals surface area contributed by atoms with Gasteiger partial charge in [-0.1, -0.05) is 20.8 Å². The van der Waals surface area contributed by atoms with Crippen molar-refractivity contribution in [3.8, 4) is 0 Å². The summed E-state index contributed by atoms with van der Waals surface area (Å²) in [5, 5.41) is 4.68. The highest BCUT2D eigenvalue weighted by atomic mass is 16.5. The van der Waals surface area contributed by atoms with Crippen LogP contribution < -0.4 is 10.6 Å². The Hall–Kier alpha value is -1.59. The average molecular weight is 256 g/mol. The van der Waals surface area contributed by atoms with Crippen molar-refractivity contribution in [2.24, 2.45) is 11.8 Å². The number of urea groups is 1. The van der Waals surface area contributed by atoms with Crippen molar-refractivity contribution < 1.29 is 19.1 Å². The Morgan fingerprint density at radius 3 is 2.39 bits per heavy atom. The number of nitrogens with one attached hydrogen (secondary N) is 2. The van der Waals surface area contributed by atoms with E-state index in [0.29, 0.717) is 6.61 Å². The molecule has 2 atom stereocenters. The van der Waals surface area contributed by atoms with Gasteiger partial charge in [-0.25, -0.2) is 4.79 Å². The second kappa shape index (κ2) is 5.37. The lowest BCUT2D eigenvalue weighted by Crippen LogP contribution is -2.46. The summed E-state index contributed by atoms with van der Waals surface area (Å²) < 4.78 is 5.10. The molecular weight excluding hydrogens is 236 g/mol. The Balaban J connectivity index is 2.53. The van der Waals surface area contributed by atoms with E-state index < -0.39 is 23.4 Å². The van der Waals surface area contributed by atoms with Crippen molar-refractivity contribution in [3.05, 3.63) is 0 Å². The number of carbonyl (C=O) groups excluding carboxylic acids is 3. The van der Waals surface area contributed by atoms with Crippen LogP contribution in [0, 0.1) is 11.8 Å². The average Bonchev–Trinajstić information content (AvgIpc) is 2.48. The number of amides is 3. The maximum absolute atomic E-state index is 11.7. The van der Waals surface area contributed by atoms with Crippen molar-refractivity contribution in [3.63, 3.8) is 0 Å². The van der Waals surface area contributed by atoms with Crippen LogP contribution in [-0.4, -0.2) is 30.1 Å². The number of rotatable bonds is 5. The molecule has 0 aromatic carbocycles. The van der Waals surface area contributed by atoms with Gasteiger partial charge < -0.3 is 10.1 Å². The first-order valence-electron chi connectivity index (χ1n) is 6.05. The van der Waals surface area contributed by atoms with Gasteiger partial charge in [0.1, 0.15) is 5.54 Å². The Bertz CT molecular complexity index is 367. The molecule has 3 amide bonds. The molecule has 18 heavy (non-hydrogen) atoms. The molecule has 1 rings (SSSR count). The van der Waals surface area contributed by atoms with E-state index >= 15 is 0 Å². The molecule has 0 aromatic heterocycles. The summed E-state index contributed by atoms with van der Waals surface area (Å²) in [4.78, 5) is 34.4. The molecule has 1 aliphatic rings. The minimum absolute atomic E-state index is 0.224. The highest BCUT2D eigenvalue weighted by Gasteiger charge is 2.43. The lowest BCUT2D eigenvalue weighted by atomic mass is 9.90. The summed E-state index contributed by atoms with van der Waals surface area (Å²) in [6.45, 7) is 7.54. The van der Waals surface area contributed by atoms with E-state index in [0.717, 1.165) is 0 Å². The lowest BCUT2D eigenvalue weighted by Gasteiger charge is -2.23.